The van der Waals surface area contributed by atoms with E-state index in [0.717, 1.165) is 48.1 Å². The number of furan rings is 1. The molecule has 116 valence electrons. The van der Waals surface area contributed by atoms with E-state index in [1.165, 1.54) is 5.56 Å². The lowest BCUT2D eigenvalue weighted by atomic mass is 10.0. The zero-order valence-corrected chi connectivity index (χ0v) is 14.0. The van der Waals surface area contributed by atoms with Crippen LogP contribution in [0.2, 0.25) is 5.02 Å². The molecule has 2 aromatic heterocycles. The fourth-order valence-electron chi connectivity index (χ4n) is 2.62. The molecule has 0 fully saturated rings. The Morgan fingerprint density at radius 2 is 2.14 bits per heavy atom. The van der Waals surface area contributed by atoms with Crippen molar-refractivity contribution < 1.29 is 4.42 Å². The molecule has 0 bridgehead atoms. The SMILES string of the molecule is CCCNC(Cc1c(Cl)c(C)nn1CC)c1ccoc1C. The number of nitrogens with one attached hydrogen (secondary N) is 1. The molecule has 2 rings (SSSR count). The van der Waals surface area contributed by atoms with Gasteiger partial charge in [0.05, 0.1) is 22.7 Å². The molecule has 4 nitrogen and oxygen atoms in total. The van der Waals surface area contributed by atoms with Crippen molar-refractivity contribution in [1.29, 1.82) is 0 Å². The van der Waals surface area contributed by atoms with E-state index in [1.807, 2.05) is 24.6 Å². The first-order valence-electron chi connectivity index (χ1n) is 7.57. The van der Waals surface area contributed by atoms with Crippen molar-refractivity contribution in [2.24, 2.45) is 0 Å². The van der Waals surface area contributed by atoms with Crippen molar-refractivity contribution in [2.45, 2.75) is 53.1 Å². The lowest BCUT2D eigenvalue weighted by Crippen LogP contribution is -2.25. The highest BCUT2D eigenvalue weighted by Crippen LogP contribution is 2.28. The molecule has 0 spiro atoms. The summed E-state index contributed by atoms with van der Waals surface area (Å²) in [5.41, 5.74) is 3.18. The van der Waals surface area contributed by atoms with E-state index in [0.29, 0.717) is 0 Å². The second-order valence-corrected chi connectivity index (χ2v) is 5.68. The average Bonchev–Trinajstić information content (AvgIpc) is 3.01. The van der Waals surface area contributed by atoms with Crippen LogP contribution in [0, 0.1) is 13.8 Å². The van der Waals surface area contributed by atoms with Crippen LogP contribution in [0.3, 0.4) is 0 Å². The lowest BCUT2D eigenvalue weighted by molar-refractivity contribution is 0.480. The summed E-state index contributed by atoms with van der Waals surface area (Å²) in [6.45, 7) is 10.00. The second-order valence-electron chi connectivity index (χ2n) is 5.30. The predicted octanol–water partition coefficient (Wildman–Crippen LogP) is 4.05. The Bertz CT molecular complexity index is 588. The summed E-state index contributed by atoms with van der Waals surface area (Å²) in [5, 5.41) is 8.87. The highest BCUT2D eigenvalue weighted by atomic mass is 35.5. The van der Waals surface area contributed by atoms with Crippen LogP contribution in [-0.4, -0.2) is 16.3 Å². The van der Waals surface area contributed by atoms with E-state index in [-0.39, 0.29) is 6.04 Å². The van der Waals surface area contributed by atoms with E-state index < -0.39 is 0 Å². The Balaban J connectivity index is 2.29. The number of aromatic nitrogens is 2. The smallest absolute Gasteiger partial charge is 0.105 e. The summed E-state index contributed by atoms with van der Waals surface area (Å²) in [6.07, 6.45) is 3.65. The van der Waals surface area contributed by atoms with Crippen molar-refractivity contribution in [3.63, 3.8) is 0 Å². The van der Waals surface area contributed by atoms with Gasteiger partial charge in [0.25, 0.3) is 0 Å². The van der Waals surface area contributed by atoms with Crippen LogP contribution in [0.25, 0.3) is 0 Å². The molecule has 1 atom stereocenters. The summed E-state index contributed by atoms with van der Waals surface area (Å²) in [5.74, 6) is 0.957. The molecule has 0 amide bonds. The maximum absolute atomic E-state index is 6.44. The molecule has 21 heavy (non-hydrogen) atoms. The van der Waals surface area contributed by atoms with E-state index in [4.69, 9.17) is 16.0 Å². The topological polar surface area (TPSA) is 43.0 Å². The van der Waals surface area contributed by atoms with E-state index >= 15 is 0 Å². The van der Waals surface area contributed by atoms with Crippen molar-refractivity contribution in [3.8, 4) is 0 Å². The average molecular weight is 310 g/mol. The van der Waals surface area contributed by atoms with Crippen LogP contribution < -0.4 is 5.32 Å². The molecule has 0 saturated carbocycles. The minimum atomic E-state index is 0.197. The van der Waals surface area contributed by atoms with Gasteiger partial charge in [-0.3, -0.25) is 4.68 Å². The van der Waals surface area contributed by atoms with Gasteiger partial charge in [0, 0.05) is 24.6 Å². The molecule has 2 aromatic rings. The standard InChI is InChI=1S/C16H24ClN3O/c1-5-8-18-14(13-7-9-21-12(13)4)10-15-16(17)11(3)19-20(15)6-2/h7,9,14,18H,5-6,8,10H2,1-4H3. The van der Waals surface area contributed by atoms with Crippen molar-refractivity contribution in [2.75, 3.05) is 6.54 Å². The van der Waals surface area contributed by atoms with Gasteiger partial charge >= 0.3 is 0 Å². The van der Waals surface area contributed by atoms with E-state index in [9.17, 15) is 0 Å². The van der Waals surface area contributed by atoms with Gasteiger partial charge in [-0.15, -0.1) is 0 Å². The van der Waals surface area contributed by atoms with Gasteiger partial charge in [-0.05, 0) is 39.8 Å². The van der Waals surface area contributed by atoms with E-state index in [1.54, 1.807) is 6.26 Å². The third kappa shape index (κ3) is 3.50. The van der Waals surface area contributed by atoms with Gasteiger partial charge in [0.2, 0.25) is 0 Å². The number of rotatable bonds is 7. The lowest BCUT2D eigenvalue weighted by Gasteiger charge is -2.19. The molecule has 0 aliphatic carbocycles. The summed E-state index contributed by atoms with van der Waals surface area (Å²) in [4.78, 5) is 0. The minimum absolute atomic E-state index is 0.197. The number of nitrogens with zero attached hydrogens (tertiary/aromatic N) is 2. The minimum Gasteiger partial charge on any atom is -0.469 e. The van der Waals surface area contributed by atoms with Crippen molar-refractivity contribution in [3.05, 3.63) is 40.1 Å². The Kier molecular flexibility index (Phi) is 5.48. The Labute approximate surface area is 131 Å². The first-order chi connectivity index (χ1) is 10.1. The van der Waals surface area contributed by atoms with Crippen molar-refractivity contribution in [1.82, 2.24) is 15.1 Å². The Hall–Kier alpha value is -1.26. The number of aryl methyl sites for hydroxylation is 3. The molecule has 1 unspecified atom stereocenters. The first-order valence-corrected chi connectivity index (χ1v) is 7.95. The Morgan fingerprint density at radius 1 is 1.38 bits per heavy atom. The van der Waals surface area contributed by atoms with Crippen LogP contribution >= 0.6 is 11.6 Å². The number of halogens is 1. The third-order valence-electron chi connectivity index (χ3n) is 3.77. The molecule has 2 heterocycles. The molecule has 0 aromatic carbocycles. The van der Waals surface area contributed by atoms with Crippen molar-refractivity contribution >= 4 is 11.6 Å². The first kappa shape index (κ1) is 16.1. The van der Waals surface area contributed by atoms with Crippen LogP contribution in [0.15, 0.2) is 16.7 Å². The molecule has 1 N–H and O–H groups in total. The fourth-order valence-corrected chi connectivity index (χ4v) is 2.84. The number of hydrogen-bond donors (Lipinski definition) is 1. The van der Waals surface area contributed by atoms with Crippen LogP contribution in [0.1, 0.15) is 49.0 Å². The zero-order chi connectivity index (χ0) is 15.4. The van der Waals surface area contributed by atoms with Gasteiger partial charge in [-0.1, -0.05) is 18.5 Å². The maximum atomic E-state index is 6.44. The van der Waals surface area contributed by atoms with Crippen LogP contribution in [-0.2, 0) is 13.0 Å². The summed E-state index contributed by atoms with van der Waals surface area (Å²) < 4.78 is 7.45. The summed E-state index contributed by atoms with van der Waals surface area (Å²) >= 11 is 6.44. The molecular weight excluding hydrogens is 286 g/mol. The number of hydrogen-bond acceptors (Lipinski definition) is 3. The molecule has 0 aliphatic rings. The normalized spacial score (nSPS) is 12.8. The predicted molar refractivity (Wildman–Crippen MR) is 85.8 cm³/mol. The van der Waals surface area contributed by atoms with Crippen LogP contribution in [0.4, 0.5) is 0 Å². The van der Waals surface area contributed by atoms with Gasteiger partial charge in [0.15, 0.2) is 0 Å². The van der Waals surface area contributed by atoms with E-state index in [2.05, 4.69) is 24.3 Å². The third-order valence-corrected chi connectivity index (χ3v) is 4.26. The van der Waals surface area contributed by atoms with Gasteiger partial charge in [0.1, 0.15) is 5.76 Å². The maximum Gasteiger partial charge on any atom is 0.105 e. The van der Waals surface area contributed by atoms with Gasteiger partial charge in [-0.25, -0.2) is 0 Å². The molecule has 0 saturated heterocycles. The highest BCUT2D eigenvalue weighted by Gasteiger charge is 2.21. The monoisotopic (exact) mass is 309 g/mol. The molecule has 5 heteroatoms. The van der Waals surface area contributed by atoms with Crippen LogP contribution in [0.5, 0.6) is 0 Å². The fraction of sp³-hybridized carbons (Fsp3) is 0.562. The molecule has 0 aliphatic heterocycles. The highest BCUT2D eigenvalue weighted by molar-refractivity contribution is 6.31. The van der Waals surface area contributed by atoms with Gasteiger partial charge < -0.3 is 9.73 Å². The summed E-state index contributed by atoms with van der Waals surface area (Å²) in [7, 11) is 0. The Morgan fingerprint density at radius 3 is 2.71 bits per heavy atom. The molecular formula is C16H24ClN3O. The van der Waals surface area contributed by atoms with Gasteiger partial charge in [-0.2, -0.15) is 5.10 Å². The quantitative estimate of drug-likeness (QED) is 0.839. The molecule has 0 radical (unpaired) electrons. The largest absolute Gasteiger partial charge is 0.469 e. The zero-order valence-electron chi connectivity index (χ0n) is 13.2. The second kappa shape index (κ2) is 7.14. The summed E-state index contributed by atoms with van der Waals surface area (Å²) in [6, 6.07) is 2.23.